The van der Waals surface area contributed by atoms with Crippen molar-refractivity contribution < 1.29 is 51.0 Å². The van der Waals surface area contributed by atoms with Crippen LogP contribution in [0.4, 0.5) is 8.78 Å². The van der Waals surface area contributed by atoms with E-state index >= 15 is 0 Å². The van der Waals surface area contributed by atoms with E-state index in [1.54, 1.807) is 13.0 Å². The number of nitrogens with zero attached hydrogens (tertiary/aromatic N) is 2. The first-order valence-corrected chi connectivity index (χ1v) is 7.79. The molecule has 0 fully saturated rings. The standard InChI is InChI=1S/C15H12F2IN2O2.Y/c1-2-20-13(4-3-12(18)15(20)21)14-10(16)7-9(8-11(14)17)22-6-5-19;/h7-8,12H,2-3,6H2,1H3;/q-1;. The third kappa shape index (κ3) is 4.49. The Morgan fingerprint density at radius 1 is 1.48 bits per heavy atom. The predicted octanol–water partition coefficient (Wildman–Crippen LogP) is 3.06. The second-order valence-corrected chi connectivity index (χ2v) is 5.99. The fourth-order valence-electron chi connectivity index (χ4n) is 2.16. The molecule has 1 radical (unpaired) electrons. The number of alkyl halides is 1. The van der Waals surface area contributed by atoms with Crippen molar-refractivity contribution in [2.45, 2.75) is 17.3 Å². The van der Waals surface area contributed by atoms with E-state index in [0.29, 0.717) is 13.0 Å². The quantitative estimate of drug-likeness (QED) is 0.359. The maximum absolute atomic E-state index is 14.3. The number of ether oxygens (including phenoxy) is 1. The van der Waals surface area contributed by atoms with Gasteiger partial charge in [0.1, 0.15) is 11.8 Å². The van der Waals surface area contributed by atoms with Crippen LogP contribution in [-0.2, 0) is 37.5 Å². The average Bonchev–Trinajstić information content (AvgIpc) is 2.48. The molecule has 0 aliphatic carbocycles. The molecule has 0 bridgehead atoms. The summed E-state index contributed by atoms with van der Waals surface area (Å²) < 4.78 is 33.1. The minimum Gasteiger partial charge on any atom is -0.479 e. The summed E-state index contributed by atoms with van der Waals surface area (Å²) in [6.07, 6.45) is 3.20. The number of benzene rings is 1. The third-order valence-corrected chi connectivity index (χ3v) is 4.10. The summed E-state index contributed by atoms with van der Waals surface area (Å²) in [6, 6.07) is 3.72. The normalized spacial score (nSPS) is 17.2. The van der Waals surface area contributed by atoms with Gasteiger partial charge in [0, 0.05) is 39.3 Å². The Bertz CT molecular complexity index is 653. The molecule has 1 amide bonds. The van der Waals surface area contributed by atoms with Gasteiger partial charge in [0.05, 0.1) is 15.6 Å². The molecule has 1 unspecified atom stereocenters. The SMILES string of the molecule is CCN1C(=O)C(I)C[C-]=C1c1c(F)cc(OCC#N)cc1F.[Y]. The predicted molar refractivity (Wildman–Crippen MR) is 83.9 cm³/mol. The molecule has 4 nitrogen and oxygen atoms in total. The van der Waals surface area contributed by atoms with Crippen LogP contribution in [0.15, 0.2) is 12.1 Å². The van der Waals surface area contributed by atoms with E-state index < -0.39 is 11.6 Å². The number of hydrogen-bond acceptors (Lipinski definition) is 3. The van der Waals surface area contributed by atoms with E-state index in [0.717, 1.165) is 12.1 Å². The molecule has 1 aromatic rings. The molecule has 8 heteroatoms. The summed E-state index contributed by atoms with van der Waals surface area (Å²) in [5.41, 5.74) is -0.190. The zero-order chi connectivity index (χ0) is 16.3. The summed E-state index contributed by atoms with van der Waals surface area (Å²) in [6.45, 7) is 1.73. The van der Waals surface area contributed by atoms with Gasteiger partial charge in [-0.15, -0.1) is 5.70 Å². The molecule has 2 rings (SSSR count). The number of allylic oxidation sites excluding steroid dienone is 1. The smallest absolute Gasteiger partial charge is 0.235 e. The van der Waals surface area contributed by atoms with Crippen LogP contribution in [0.5, 0.6) is 5.75 Å². The maximum atomic E-state index is 14.3. The van der Waals surface area contributed by atoms with Crippen molar-refractivity contribution in [3.8, 4) is 11.8 Å². The van der Waals surface area contributed by atoms with Crippen LogP contribution in [0, 0.1) is 29.0 Å². The van der Waals surface area contributed by atoms with Gasteiger partial charge in [0.2, 0.25) is 5.91 Å². The van der Waals surface area contributed by atoms with Crippen LogP contribution in [0.2, 0.25) is 0 Å². The summed E-state index contributed by atoms with van der Waals surface area (Å²) in [7, 11) is 0. The van der Waals surface area contributed by atoms with Gasteiger partial charge in [-0.1, -0.05) is 34.6 Å². The Kier molecular flexibility index (Phi) is 8.04. The molecule has 23 heavy (non-hydrogen) atoms. The Labute approximate surface area is 171 Å². The van der Waals surface area contributed by atoms with Crippen molar-refractivity contribution >= 4 is 34.2 Å². The van der Waals surface area contributed by atoms with Crippen LogP contribution in [0.25, 0.3) is 5.70 Å². The van der Waals surface area contributed by atoms with E-state index in [4.69, 9.17) is 10.00 Å². The van der Waals surface area contributed by atoms with Crippen molar-refractivity contribution in [2.75, 3.05) is 13.2 Å². The summed E-state index contributed by atoms with van der Waals surface area (Å²) in [5.74, 6) is -1.97. The first kappa shape index (κ1) is 20.5. The molecule has 1 aromatic carbocycles. The molecule has 0 spiro atoms. The van der Waals surface area contributed by atoms with Crippen molar-refractivity contribution in [3.63, 3.8) is 0 Å². The fourth-order valence-corrected chi connectivity index (χ4v) is 2.72. The first-order chi connectivity index (χ1) is 10.5. The molecular formula is C15H12F2IN2O2Y-. The largest absolute Gasteiger partial charge is 0.479 e. The van der Waals surface area contributed by atoms with Gasteiger partial charge < -0.3 is 9.64 Å². The average molecular weight is 506 g/mol. The maximum Gasteiger partial charge on any atom is 0.235 e. The van der Waals surface area contributed by atoms with Gasteiger partial charge >= 0.3 is 0 Å². The molecule has 0 saturated heterocycles. The van der Waals surface area contributed by atoms with Crippen molar-refractivity contribution in [2.24, 2.45) is 0 Å². The molecule has 1 heterocycles. The van der Waals surface area contributed by atoms with Crippen molar-refractivity contribution in [1.29, 1.82) is 5.26 Å². The summed E-state index contributed by atoms with van der Waals surface area (Å²) in [5, 5.41) is 8.42. The molecule has 0 N–H and O–H groups in total. The van der Waals surface area contributed by atoms with Crippen LogP contribution in [0.3, 0.4) is 0 Å². The minimum atomic E-state index is -0.853. The van der Waals surface area contributed by atoms with Gasteiger partial charge in [-0.05, 0) is 19.1 Å². The molecule has 0 saturated carbocycles. The van der Waals surface area contributed by atoms with E-state index in [2.05, 4.69) is 6.08 Å². The van der Waals surface area contributed by atoms with Crippen LogP contribution in [-0.4, -0.2) is 27.9 Å². The Morgan fingerprint density at radius 3 is 2.61 bits per heavy atom. The zero-order valence-corrected chi connectivity index (χ0v) is 17.3. The van der Waals surface area contributed by atoms with Crippen molar-refractivity contribution in [3.05, 3.63) is 35.4 Å². The first-order valence-electron chi connectivity index (χ1n) is 6.55. The Morgan fingerprint density at radius 2 is 2.09 bits per heavy atom. The van der Waals surface area contributed by atoms with Crippen LogP contribution < -0.4 is 4.74 Å². The van der Waals surface area contributed by atoms with E-state index in [1.807, 2.05) is 22.6 Å². The number of hydrogen-bond donors (Lipinski definition) is 0. The second kappa shape index (κ2) is 9.04. The molecule has 1 atom stereocenters. The van der Waals surface area contributed by atoms with Gasteiger partial charge in [-0.2, -0.15) is 5.26 Å². The fraction of sp³-hybridized carbons (Fsp3) is 0.333. The molecule has 1 aliphatic heterocycles. The second-order valence-electron chi connectivity index (χ2n) is 4.49. The number of amides is 1. The van der Waals surface area contributed by atoms with Crippen molar-refractivity contribution in [1.82, 2.24) is 4.90 Å². The summed E-state index contributed by atoms with van der Waals surface area (Å²) >= 11 is 1.98. The molecule has 1 aliphatic rings. The van der Waals surface area contributed by atoms with Gasteiger partial charge in [0.15, 0.2) is 6.61 Å². The van der Waals surface area contributed by atoms with E-state index in [1.165, 1.54) is 4.90 Å². The van der Waals surface area contributed by atoms with Gasteiger partial charge in [-0.25, -0.2) is 14.9 Å². The van der Waals surface area contributed by atoms with E-state index in [9.17, 15) is 13.6 Å². The number of nitriles is 1. The number of carbonyl (C=O) groups is 1. The number of carbonyl (C=O) groups excluding carboxylic acids is 1. The molecule has 0 aromatic heterocycles. The topological polar surface area (TPSA) is 53.3 Å². The van der Waals surface area contributed by atoms with E-state index in [-0.39, 0.29) is 66.2 Å². The molecule has 119 valence electrons. The Hall–Kier alpha value is -0.586. The van der Waals surface area contributed by atoms with Crippen LogP contribution in [0.1, 0.15) is 18.9 Å². The monoisotopic (exact) mass is 506 g/mol. The number of rotatable bonds is 4. The Balaban J connectivity index is 0.00000264. The minimum absolute atomic E-state index is 0. The van der Waals surface area contributed by atoms with Gasteiger partial charge in [-0.3, -0.25) is 4.79 Å². The van der Waals surface area contributed by atoms with Crippen LogP contribution >= 0.6 is 22.6 Å². The summed E-state index contributed by atoms with van der Waals surface area (Å²) in [4.78, 5) is 13.4. The zero-order valence-electron chi connectivity index (χ0n) is 12.3. The number of halogens is 3. The van der Waals surface area contributed by atoms with Gasteiger partial charge in [0.25, 0.3) is 0 Å². The molecular weight excluding hydrogens is 494 g/mol. The third-order valence-electron chi connectivity index (χ3n) is 3.12.